The minimum Gasteiger partial charge on any atom is -0.416 e. The number of rotatable bonds is 8. The van der Waals surface area contributed by atoms with E-state index in [1.807, 2.05) is 13.0 Å². The number of nitrogens with zero attached hydrogens (tertiary/aromatic N) is 2. The van der Waals surface area contributed by atoms with Gasteiger partial charge in [-0.1, -0.05) is 65.8 Å². The number of carbonyl (C=O) groups is 1. The smallest absolute Gasteiger partial charge is 0.200 e. The maximum absolute atomic E-state index is 12.2. The van der Waals surface area contributed by atoms with Gasteiger partial charge in [-0.3, -0.25) is 9.69 Å². The molecule has 2 bridgehead atoms. The van der Waals surface area contributed by atoms with Gasteiger partial charge < -0.3 is 8.99 Å². The standard InChI is InChI=1S/C30H46N2O2Si/c1-10-22(17-33)24-15-29-30-25(23-13-11-12-14-27(23)32(30)9)16-28(31(29)8)26(24)18-34-35(19(2)3,20(4)5)21(6)7/h10-14,17,19-21,24,26,28-29H,15-16,18H2,1-9H3/b22-10+/t24-,26+,28-,29-/m0/s1. The van der Waals surface area contributed by atoms with Crippen LogP contribution in [0.2, 0.25) is 16.6 Å². The van der Waals surface area contributed by atoms with Gasteiger partial charge in [-0.05, 0) is 66.6 Å². The number of allylic oxidation sites excluding steroid dienone is 2. The van der Waals surface area contributed by atoms with Crippen LogP contribution in [0, 0.1) is 11.8 Å². The Balaban J connectivity index is 1.78. The maximum Gasteiger partial charge on any atom is 0.200 e. The predicted molar refractivity (Wildman–Crippen MR) is 149 cm³/mol. The predicted octanol–water partition coefficient (Wildman–Crippen LogP) is 7.05. The molecule has 3 heterocycles. The van der Waals surface area contributed by atoms with E-state index in [0.29, 0.717) is 34.6 Å². The number of carbonyl (C=O) groups excluding carboxylic acids is 1. The highest BCUT2D eigenvalue weighted by atomic mass is 28.4. The quantitative estimate of drug-likeness (QED) is 0.224. The molecule has 0 N–H and O–H groups in total. The Kier molecular flexibility index (Phi) is 7.53. The molecule has 4 rings (SSSR count). The van der Waals surface area contributed by atoms with Crippen LogP contribution in [-0.4, -0.2) is 43.8 Å². The highest BCUT2D eigenvalue weighted by Gasteiger charge is 2.51. The van der Waals surface area contributed by atoms with Crippen LogP contribution < -0.4 is 0 Å². The molecule has 192 valence electrons. The first kappa shape index (κ1) is 26.4. The molecular weight excluding hydrogens is 448 g/mol. The molecule has 2 aliphatic rings. The van der Waals surface area contributed by atoms with Gasteiger partial charge in [0.1, 0.15) is 6.29 Å². The second-order valence-electron chi connectivity index (χ2n) is 11.9. The summed E-state index contributed by atoms with van der Waals surface area (Å²) in [6.45, 7) is 16.9. The number of aromatic nitrogens is 1. The van der Waals surface area contributed by atoms with Crippen LogP contribution in [-0.2, 0) is 22.7 Å². The van der Waals surface area contributed by atoms with E-state index in [4.69, 9.17) is 4.43 Å². The third-order valence-corrected chi connectivity index (χ3v) is 15.7. The van der Waals surface area contributed by atoms with Gasteiger partial charge in [-0.15, -0.1) is 0 Å². The summed E-state index contributed by atoms with van der Waals surface area (Å²) < 4.78 is 9.61. The third-order valence-electron chi connectivity index (χ3n) is 9.62. The Bertz CT molecular complexity index is 1080. The molecule has 4 nitrogen and oxygen atoms in total. The molecule has 1 aromatic carbocycles. The van der Waals surface area contributed by atoms with Crippen molar-refractivity contribution in [2.75, 3.05) is 13.7 Å². The Hall–Kier alpha value is -1.69. The molecule has 1 aromatic heterocycles. The fourth-order valence-electron chi connectivity index (χ4n) is 8.04. The fourth-order valence-corrected chi connectivity index (χ4v) is 13.5. The van der Waals surface area contributed by atoms with Crippen molar-refractivity contribution in [3.63, 3.8) is 0 Å². The Morgan fingerprint density at radius 3 is 2.29 bits per heavy atom. The molecule has 0 unspecified atom stereocenters. The van der Waals surface area contributed by atoms with Gasteiger partial charge in [0.25, 0.3) is 0 Å². The van der Waals surface area contributed by atoms with Crippen LogP contribution >= 0.6 is 0 Å². The van der Waals surface area contributed by atoms with Crippen molar-refractivity contribution in [1.29, 1.82) is 0 Å². The molecule has 2 aliphatic heterocycles. The average molecular weight is 495 g/mol. The fraction of sp³-hybridized carbons (Fsp3) is 0.633. The van der Waals surface area contributed by atoms with Crippen molar-refractivity contribution in [2.45, 2.75) is 90.0 Å². The van der Waals surface area contributed by atoms with Crippen molar-refractivity contribution in [1.82, 2.24) is 9.47 Å². The summed E-state index contributed by atoms with van der Waals surface area (Å²) in [5.74, 6) is 0.538. The summed E-state index contributed by atoms with van der Waals surface area (Å²) in [5, 5.41) is 1.39. The first-order valence-electron chi connectivity index (χ1n) is 13.6. The lowest BCUT2D eigenvalue weighted by atomic mass is 9.68. The Morgan fingerprint density at radius 2 is 1.71 bits per heavy atom. The van der Waals surface area contributed by atoms with Crippen LogP contribution in [0.5, 0.6) is 0 Å². The van der Waals surface area contributed by atoms with Crippen LogP contribution in [0.4, 0.5) is 0 Å². The van der Waals surface area contributed by atoms with Gasteiger partial charge in [0.2, 0.25) is 0 Å². The molecule has 0 radical (unpaired) electrons. The summed E-state index contributed by atoms with van der Waals surface area (Å²) in [6, 6.07) is 9.52. The van der Waals surface area contributed by atoms with Gasteiger partial charge >= 0.3 is 0 Å². The highest BCUT2D eigenvalue weighted by Crippen LogP contribution is 2.51. The summed E-state index contributed by atoms with van der Waals surface area (Å²) in [4.78, 5) is 14.8. The van der Waals surface area contributed by atoms with E-state index in [0.717, 1.165) is 31.3 Å². The summed E-state index contributed by atoms with van der Waals surface area (Å²) in [7, 11) is 2.51. The van der Waals surface area contributed by atoms with Gasteiger partial charge in [0.15, 0.2) is 8.32 Å². The van der Waals surface area contributed by atoms with E-state index in [1.165, 1.54) is 22.2 Å². The minimum atomic E-state index is -2.00. The third kappa shape index (κ3) is 4.08. The summed E-state index contributed by atoms with van der Waals surface area (Å²) in [6.07, 6.45) is 5.14. The molecule has 0 spiro atoms. The van der Waals surface area contributed by atoms with Crippen LogP contribution in [0.15, 0.2) is 35.9 Å². The van der Waals surface area contributed by atoms with E-state index in [-0.39, 0.29) is 5.92 Å². The molecule has 0 amide bonds. The van der Waals surface area contributed by atoms with Crippen molar-refractivity contribution in [2.24, 2.45) is 18.9 Å². The van der Waals surface area contributed by atoms with Gasteiger partial charge in [-0.25, -0.2) is 0 Å². The summed E-state index contributed by atoms with van der Waals surface area (Å²) in [5.41, 5.74) is 6.87. The first-order chi connectivity index (χ1) is 16.6. The number of aryl methyl sites for hydroxylation is 1. The van der Waals surface area contributed by atoms with Crippen LogP contribution in [0.25, 0.3) is 10.9 Å². The zero-order valence-corrected chi connectivity index (χ0v) is 24.3. The molecule has 0 saturated carbocycles. The number of benzene rings is 1. The second kappa shape index (κ2) is 9.99. The number of likely N-dealkylation sites (N-methyl/N-ethyl adjacent to an activating group) is 1. The van der Waals surface area contributed by atoms with Crippen molar-refractivity contribution in [3.05, 3.63) is 47.2 Å². The monoisotopic (exact) mass is 494 g/mol. The number of aldehydes is 1. The van der Waals surface area contributed by atoms with Crippen molar-refractivity contribution < 1.29 is 9.22 Å². The Morgan fingerprint density at radius 1 is 1.09 bits per heavy atom. The van der Waals surface area contributed by atoms with Gasteiger partial charge in [-0.2, -0.15) is 0 Å². The molecule has 5 heteroatoms. The van der Waals surface area contributed by atoms with E-state index in [1.54, 1.807) is 0 Å². The molecule has 2 aromatic rings. The number of hydrogen-bond donors (Lipinski definition) is 0. The number of fused-ring (bicyclic) bond motifs is 6. The lowest BCUT2D eigenvalue weighted by Crippen LogP contribution is -2.56. The summed E-state index contributed by atoms with van der Waals surface area (Å²) >= 11 is 0. The maximum atomic E-state index is 12.2. The zero-order chi connectivity index (χ0) is 25.7. The van der Waals surface area contributed by atoms with Crippen molar-refractivity contribution in [3.8, 4) is 0 Å². The Labute approximate surface area is 213 Å². The molecule has 1 saturated heterocycles. The second-order valence-corrected chi connectivity index (χ2v) is 17.4. The van der Waals surface area contributed by atoms with Gasteiger partial charge in [0.05, 0.1) is 6.04 Å². The van der Waals surface area contributed by atoms with Gasteiger partial charge in [0, 0.05) is 42.2 Å². The van der Waals surface area contributed by atoms with Crippen LogP contribution in [0.3, 0.4) is 0 Å². The molecule has 0 aliphatic carbocycles. The molecule has 35 heavy (non-hydrogen) atoms. The van der Waals surface area contributed by atoms with E-state index in [9.17, 15) is 4.79 Å². The lowest BCUT2D eigenvalue weighted by Gasteiger charge is -2.53. The molecule has 4 atom stereocenters. The number of hydrogen-bond acceptors (Lipinski definition) is 3. The highest BCUT2D eigenvalue weighted by molar-refractivity contribution is 6.77. The number of piperidine rings is 1. The van der Waals surface area contributed by atoms with Crippen molar-refractivity contribution >= 4 is 25.5 Å². The van der Waals surface area contributed by atoms with E-state index in [2.05, 4.69) is 89.4 Å². The normalized spacial score (nSPS) is 25.7. The van der Waals surface area contributed by atoms with E-state index < -0.39 is 8.32 Å². The zero-order valence-electron chi connectivity index (χ0n) is 23.3. The largest absolute Gasteiger partial charge is 0.416 e. The molecular formula is C30H46N2O2Si. The average Bonchev–Trinajstić information content (AvgIpc) is 3.08. The van der Waals surface area contributed by atoms with Crippen LogP contribution in [0.1, 0.15) is 72.2 Å². The molecule has 1 fully saturated rings. The SMILES string of the molecule is C/C=C(\C=O)[C@@H]1C[C@H]2c3c(c4ccccc4n3C)C[C@@H]([C@@H]1CO[Si](C(C)C)(C(C)C)C(C)C)N2C. The minimum absolute atomic E-state index is 0.230. The first-order valence-corrected chi connectivity index (χ1v) is 15.8. The lowest BCUT2D eigenvalue weighted by molar-refractivity contribution is -0.106. The topological polar surface area (TPSA) is 34.5 Å². The number of para-hydroxylation sites is 1. The van der Waals surface area contributed by atoms with E-state index >= 15 is 0 Å².